The van der Waals surface area contributed by atoms with E-state index in [1.807, 2.05) is 35.4 Å². The Hall–Kier alpha value is -1.88. The number of fused-ring (bicyclic) bond motifs is 2. The summed E-state index contributed by atoms with van der Waals surface area (Å²) in [5.74, 6) is 1.70. The number of amides is 1. The standard InChI is InChI=1S/C17H22N4O/c22-17(12-21-11-15-3-1-2-4-16(15)19-21)20-7-5-13-9-18-10-14(13)6-8-20/h1-4,11,13-14,18H,5-10,12H2/t13-,14+. The minimum Gasteiger partial charge on any atom is -0.341 e. The van der Waals surface area contributed by atoms with Gasteiger partial charge in [0, 0.05) is 24.7 Å². The first kappa shape index (κ1) is 13.8. The molecule has 1 amide bonds. The van der Waals surface area contributed by atoms with E-state index >= 15 is 0 Å². The highest BCUT2D eigenvalue weighted by Gasteiger charge is 2.31. The fourth-order valence-electron chi connectivity index (χ4n) is 3.80. The lowest BCUT2D eigenvalue weighted by Gasteiger charge is -2.20. The van der Waals surface area contributed by atoms with Gasteiger partial charge in [0.05, 0.1) is 5.52 Å². The molecule has 22 heavy (non-hydrogen) atoms. The Bertz CT molecular complexity index is 633. The maximum atomic E-state index is 12.6. The Morgan fingerprint density at radius 3 is 2.64 bits per heavy atom. The van der Waals surface area contributed by atoms with Gasteiger partial charge in [0.15, 0.2) is 0 Å². The molecule has 0 unspecified atom stereocenters. The van der Waals surface area contributed by atoms with Crippen molar-refractivity contribution in [1.82, 2.24) is 20.0 Å². The molecule has 2 aromatic rings. The maximum absolute atomic E-state index is 12.6. The number of likely N-dealkylation sites (tertiary alicyclic amines) is 1. The Morgan fingerprint density at radius 2 is 1.91 bits per heavy atom. The monoisotopic (exact) mass is 298 g/mol. The van der Waals surface area contributed by atoms with Crippen molar-refractivity contribution in [2.75, 3.05) is 26.2 Å². The number of nitrogens with zero attached hydrogens (tertiary/aromatic N) is 3. The predicted octanol–water partition coefficient (Wildman–Crippen LogP) is 1.49. The van der Waals surface area contributed by atoms with E-state index in [9.17, 15) is 4.79 Å². The lowest BCUT2D eigenvalue weighted by molar-refractivity contribution is -0.132. The average Bonchev–Trinajstić information content (AvgIpc) is 3.08. The van der Waals surface area contributed by atoms with Crippen molar-refractivity contribution in [2.24, 2.45) is 11.8 Å². The fourth-order valence-corrected chi connectivity index (χ4v) is 3.80. The van der Waals surface area contributed by atoms with Gasteiger partial charge in [0.1, 0.15) is 6.54 Å². The highest BCUT2D eigenvalue weighted by Crippen LogP contribution is 2.27. The van der Waals surface area contributed by atoms with Gasteiger partial charge in [-0.1, -0.05) is 18.2 Å². The third kappa shape index (κ3) is 2.61. The van der Waals surface area contributed by atoms with E-state index in [2.05, 4.69) is 10.4 Å². The Balaban J connectivity index is 1.43. The van der Waals surface area contributed by atoms with E-state index in [-0.39, 0.29) is 5.91 Å². The fraction of sp³-hybridized carbons (Fsp3) is 0.529. The summed E-state index contributed by atoms with van der Waals surface area (Å²) in [6.45, 7) is 4.38. The summed E-state index contributed by atoms with van der Waals surface area (Å²) in [6.07, 6.45) is 4.22. The molecule has 2 aliphatic rings. The van der Waals surface area contributed by atoms with E-state index in [0.717, 1.165) is 61.8 Å². The summed E-state index contributed by atoms with van der Waals surface area (Å²) in [5, 5.41) is 9.05. The van der Waals surface area contributed by atoms with Gasteiger partial charge in [0.2, 0.25) is 5.91 Å². The minimum atomic E-state index is 0.195. The Labute approximate surface area is 130 Å². The summed E-state index contributed by atoms with van der Waals surface area (Å²) < 4.78 is 1.78. The average molecular weight is 298 g/mol. The van der Waals surface area contributed by atoms with E-state index in [0.29, 0.717) is 6.54 Å². The highest BCUT2D eigenvalue weighted by molar-refractivity contribution is 5.79. The summed E-state index contributed by atoms with van der Waals surface area (Å²) in [6, 6.07) is 7.99. The molecule has 0 spiro atoms. The van der Waals surface area contributed by atoms with Crippen LogP contribution in [0.4, 0.5) is 0 Å². The zero-order valence-electron chi connectivity index (χ0n) is 12.7. The number of carbonyl (C=O) groups is 1. The molecule has 2 aliphatic heterocycles. The molecule has 116 valence electrons. The molecule has 0 aliphatic carbocycles. The number of hydrogen-bond donors (Lipinski definition) is 1. The molecule has 0 bridgehead atoms. The van der Waals surface area contributed by atoms with Gasteiger partial charge in [-0.2, -0.15) is 5.10 Å². The molecule has 2 atom stereocenters. The van der Waals surface area contributed by atoms with Gasteiger partial charge < -0.3 is 10.2 Å². The molecule has 2 fully saturated rings. The van der Waals surface area contributed by atoms with Crippen molar-refractivity contribution < 1.29 is 4.79 Å². The molecule has 1 aromatic heterocycles. The van der Waals surface area contributed by atoms with Crippen molar-refractivity contribution in [3.05, 3.63) is 30.5 Å². The molecule has 1 N–H and O–H groups in total. The second-order valence-corrected chi connectivity index (χ2v) is 6.52. The number of rotatable bonds is 2. The van der Waals surface area contributed by atoms with Crippen molar-refractivity contribution in [3.63, 3.8) is 0 Å². The van der Waals surface area contributed by atoms with Crippen molar-refractivity contribution in [1.29, 1.82) is 0 Å². The van der Waals surface area contributed by atoms with E-state index in [1.165, 1.54) is 0 Å². The maximum Gasteiger partial charge on any atom is 0.244 e. The molecule has 0 radical (unpaired) electrons. The molecule has 5 heteroatoms. The molecule has 5 nitrogen and oxygen atoms in total. The van der Waals surface area contributed by atoms with Crippen molar-refractivity contribution >= 4 is 16.8 Å². The van der Waals surface area contributed by atoms with Crippen molar-refractivity contribution in [2.45, 2.75) is 19.4 Å². The molecule has 2 saturated heterocycles. The van der Waals surface area contributed by atoms with E-state index in [1.54, 1.807) is 4.68 Å². The van der Waals surface area contributed by atoms with Crippen LogP contribution in [-0.4, -0.2) is 46.8 Å². The number of hydrogen-bond acceptors (Lipinski definition) is 3. The quantitative estimate of drug-likeness (QED) is 0.914. The number of carbonyl (C=O) groups excluding carboxylic acids is 1. The summed E-state index contributed by atoms with van der Waals surface area (Å²) in [5.41, 5.74) is 0.951. The zero-order valence-corrected chi connectivity index (χ0v) is 12.7. The third-order valence-corrected chi connectivity index (χ3v) is 5.13. The number of aromatic nitrogens is 2. The van der Waals surface area contributed by atoms with Gasteiger partial charge in [-0.15, -0.1) is 0 Å². The van der Waals surface area contributed by atoms with Gasteiger partial charge in [-0.3, -0.25) is 9.48 Å². The van der Waals surface area contributed by atoms with Crippen molar-refractivity contribution in [3.8, 4) is 0 Å². The van der Waals surface area contributed by atoms with Crippen LogP contribution >= 0.6 is 0 Å². The molecular weight excluding hydrogens is 276 g/mol. The minimum absolute atomic E-state index is 0.195. The molecule has 0 saturated carbocycles. The topological polar surface area (TPSA) is 50.2 Å². The third-order valence-electron chi connectivity index (χ3n) is 5.13. The predicted molar refractivity (Wildman–Crippen MR) is 85.4 cm³/mol. The first-order valence-electron chi connectivity index (χ1n) is 8.20. The van der Waals surface area contributed by atoms with E-state index < -0.39 is 0 Å². The van der Waals surface area contributed by atoms with Crippen LogP contribution in [0.15, 0.2) is 30.5 Å². The van der Waals surface area contributed by atoms with Gasteiger partial charge >= 0.3 is 0 Å². The normalized spacial score (nSPS) is 25.2. The van der Waals surface area contributed by atoms with Crippen LogP contribution in [0.1, 0.15) is 12.8 Å². The van der Waals surface area contributed by atoms with Crippen LogP contribution in [0, 0.1) is 11.8 Å². The molecule has 3 heterocycles. The van der Waals surface area contributed by atoms with Crippen LogP contribution < -0.4 is 5.32 Å². The first-order valence-corrected chi connectivity index (χ1v) is 8.20. The Morgan fingerprint density at radius 1 is 1.18 bits per heavy atom. The molecule has 1 aromatic carbocycles. The Kier molecular flexibility index (Phi) is 3.58. The van der Waals surface area contributed by atoms with Gasteiger partial charge in [0.25, 0.3) is 0 Å². The highest BCUT2D eigenvalue weighted by atomic mass is 16.2. The SMILES string of the molecule is O=C(Cn1cc2ccccc2n1)N1CC[C@@H]2CNC[C@@H]2CC1. The van der Waals surface area contributed by atoms with Crippen LogP contribution in [0.5, 0.6) is 0 Å². The van der Waals surface area contributed by atoms with Crippen LogP contribution in [0.25, 0.3) is 10.9 Å². The second kappa shape index (κ2) is 5.72. The molecular formula is C17H22N4O. The largest absolute Gasteiger partial charge is 0.341 e. The van der Waals surface area contributed by atoms with Gasteiger partial charge in [-0.05, 0) is 43.8 Å². The summed E-state index contributed by atoms with van der Waals surface area (Å²) in [4.78, 5) is 14.6. The van der Waals surface area contributed by atoms with Gasteiger partial charge in [-0.25, -0.2) is 0 Å². The van der Waals surface area contributed by atoms with Crippen LogP contribution in [0.3, 0.4) is 0 Å². The lowest BCUT2D eigenvalue weighted by atomic mass is 9.92. The summed E-state index contributed by atoms with van der Waals surface area (Å²) >= 11 is 0. The summed E-state index contributed by atoms with van der Waals surface area (Å²) in [7, 11) is 0. The number of benzene rings is 1. The first-order chi connectivity index (χ1) is 10.8. The lowest BCUT2D eigenvalue weighted by Crippen LogP contribution is -2.35. The smallest absolute Gasteiger partial charge is 0.244 e. The molecule has 4 rings (SSSR count). The van der Waals surface area contributed by atoms with Crippen LogP contribution in [-0.2, 0) is 11.3 Å². The van der Waals surface area contributed by atoms with E-state index in [4.69, 9.17) is 0 Å². The van der Waals surface area contributed by atoms with Crippen LogP contribution in [0.2, 0.25) is 0 Å². The number of nitrogens with one attached hydrogen (secondary N) is 1. The second-order valence-electron chi connectivity index (χ2n) is 6.52. The zero-order chi connectivity index (χ0) is 14.9.